The number of amides is 4. The van der Waals surface area contributed by atoms with Crippen LogP contribution in [0.3, 0.4) is 0 Å². The van der Waals surface area contributed by atoms with Crippen molar-refractivity contribution in [1.29, 1.82) is 0 Å². The minimum atomic E-state index is -0.945. The molecule has 0 unspecified atom stereocenters. The number of urea groups is 1. The average Bonchev–Trinajstić information content (AvgIpc) is 2.16. The molecule has 12 heavy (non-hydrogen) atoms. The summed E-state index contributed by atoms with van der Waals surface area (Å²) in [6.07, 6.45) is 1.12. The maximum Gasteiger partial charge on any atom is 0.331 e. The molecule has 64 valence electrons. The van der Waals surface area contributed by atoms with Gasteiger partial charge in [0.1, 0.15) is 0 Å². The molecule has 0 aromatic heterocycles. The molecule has 0 radical (unpaired) electrons. The third kappa shape index (κ3) is 1.26. The molecule has 1 rings (SSSR count). The van der Waals surface area contributed by atoms with Gasteiger partial charge in [-0.2, -0.15) is 5.01 Å². The molecule has 0 saturated heterocycles. The number of imide groups is 1. The summed E-state index contributed by atoms with van der Waals surface area (Å²) in [4.78, 5) is 32.2. The number of carbonyl (C=O) groups excluding carboxylic acids is 3. The Morgan fingerprint density at radius 2 is 2.17 bits per heavy atom. The van der Waals surface area contributed by atoms with E-state index in [-0.39, 0.29) is 5.57 Å². The number of hydrogen-bond donors (Lipinski definition) is 2. The lowest BCUT2D eigenvalue weighted by molar-refractivity contribution is -0.139. The van der Waals surface area contributed by atoms with Crippen molar-refractivity contribution in [3.05, 3.63) is 11.6 Å². The number of primary amides is 1. The predicted octanol–water partition coefficient (Wildman–Crippen LogP) is -1.12. The highest BCUT2D eigenvalue weighted by Crippen LogP contribution is 2.08. The second-order valence-corrected chi connectivity index (χ2v) is 2.28. The van der Waals surface area contributed by atoms with Crippen LogP contribution in [0.1, 0.15) is 6.92 Å². The number of hydrazine groups is 1. The van der Waals surface area contributed by atoms with Gasteiger partial charge in [0.2, 0.25) is 0 Å². The first kappa shape index (κ1) is 8.25. The molecule has 3 N–H and O–H groups in total. The van der Waals surface area contributed by atoms with E-state index in [1.54, 1.807) is 0 Å². The third-order valence-electron chi connectivity index (χ3n) is 1.32. The van der Waals surface area contributed by atoms with Gasteiger partial charge in [0.25, 0.3) is 11.8 Å². The fraction of sp³-hybridized carbons (Fsp3) is 0.167. The number of nitrogens with two attached hydrogens (primary N) is 1. The van der Waals surface area contributed by atoms with Gasteiger partial charge in [-0.25, -0.2) is 10.2 Å². The Bertz CT molecular complexity index is 294. The van der Waals surface area contributed by atoms with E-state index in [9.17, 15) is 14.4 Å². The van der Waals surface area contributed by atoms with Gasteiger partial charge >= 0.3 is 6.03 Å². The number of carbonyl (C=O) groups is 3. The van der Waals surface area contributed by atoms with Gasteiger partial charge in [-0.15, -0.1) is 0 Å². The molecule has 1 aliphatic rings. The Morgan fingerprint density at radius 3 is 2.50 bits per heavy atom. The first-order valence-corrected chi connectivity index (χ1v) is 3.15. The van der Waals surface area contributed by atoms with E-state index >= 15 is 0 Å². The lowest BCUT2D eigenvalue weighted by atomic mass is 10.3. The van der Waals surface area contributed by atoms with Crippen molar-refractivity contribution in [2.24, 2.45) is 5.73 Å². The first-order chi connectivity index (χ1) is 5.52. The van der Waals surface area contributed by atoms with Gasteiger partial charge in [-0.1, -0.05) is 0 Å². The third-order valence-corrected chi connectivity index (χ3v) is 1.32. The topological polar surface area (TPSA) is 92.5 Å². The van der Waals surface area contributed by atoms with Gasteiger partial charge in [0.15, 0.2) is 0 Å². The summed E-state index contributed by atoms with van der Waals surface area (Å²) in [5.41, 5.74) is 6.89. The van der Waals surface area contributed by atoms with E-state index in [2.05, 4.69) is 0 Å². The van der Waals surface area contributed by atoms with E-state index < -0.39 is 17.8 Å². The first-order valence-electron chi connectivity index (χ1n) is 3.15. The lowest BCUT2D eigenvalue weighted by Crippen LogP contribution is -2.48. The van der Waals surface area contributed by atoms with Gasteiger partial charge in [-0.3, -0.25) is 9.59 Å². The molecule has 0 spiro atoms. The molecule has 0 fully saturated rings. The summed E-state index contributed by atoms with van der Waals surface area (Å²) in [6, 6.07) is -0.945. The number of hydrogen-bond acceptors (Lipinski definition) is 3. The Hall–Kier alpha value is -1.85. The summed E-state index contributed by atoms with van der Waals surface area (Å²) in [6.45, 7) is 1.48. The summed E-state index contributed by atoms with van der Waals surface area (Å²) in [5, 5.41) is 0.567. The summed E-state index contributed by atoms with van der Waals surface area (Å²) < 4.78 is 0. The van der Waals surface area contributed by atoms with Gasteiger partial charge < -0.3 is 5.73 Å². The zero-order valence-electron chi connectivity index (χ0n) is 6.33. The summed E-state index contributed by atoms with van der Waals surface area (Å²) in [7, 11) is 0. The average molecular weight is 169 g/mol. The Labute approximate surface area is 68.0 Å². The monoisotopic (exact) mass is 169 g/mol. The van der Waals surface area contributed by atoms with Crippen molar-refractivity contribution in [2.45, 2.75) is 6.92 Å². The van der Waals surface area contributed by atoms with Gasteiger partial charge in [-0.05, 0) is 6.92 Å². The lowest BCUT2D eigenvalue weighted by Gasteiger charge is -2.12. The molecule has 6 nitrogen and oxygen atoms in total. The van der Waals surface area contributed by atoms with Crippen molar-refractivity contribution < 1.29 is 14.4 Å². The zero-order chi connectivity index (χ0) is 9.30. The summed E-state index contributed by atoms with van der Waals surface area (Å²) in [5.74, 6) is -1.14. The molecular weight excluding hydrogens is 162 g/mol. The Balaban J connectivity index is 2.77. The van der Waals surface area contributed by atoms with E-state index in [0.717, 1.165) is 6.08 Å². The number of nitrogens with one attached hydrogen (secondary N) is 1. The Morgan fingerprint density at radius 1 is 1.58 bits per heavy atom. The SMILES string of the molecule is CC1=CC(=O)N(NC(N)=O)C1=O. The predicted molar refractivity (Wildman–Crippen MR) is 38.3 cm³/mol. The van der Waals surface area contributed by atoms with E-state index in [0.29, 0.717) is 5.01 Å². The van der Waals surface area contributed by atoms with Crippen LogP contribution in [-0.4, -0.2) is 22.9 Å². The van der Waals surface area contributed by atoms with Crippen LogP contribution in [0, 0.1) is 0 Å². The van der Waals surface area contributed by atoms with Crippen LogP contribution in [-0.2, 0) is 9.59 Å². The second-order valence-electron chi connectivity index (χ2n) is 2.28. The zero-order valence-corrected chi connectivity index (χ0v) is 6.33. The molecule has 0 atom stereocenters. The van der Waals surface area contributed by atoms with Crippen molar-refractivity contribution in [3.8, 4) is 0 Å². The molecule has 0 aromatic carbocycles. The van der Waals surface area contributed by atoms with Crippen molar-refractivity contribution in [3.63, 3.8) is 0 Å². The molecule has 0 aliphatic carbocycles. The van der Waals surface area contributed by atoms with Crippen molar-refractivity contribution >= 4 is 17.8 Å². The molecule has 1 heterocycles. The number of rotatable bonds is 1. The normalized spacial score (nSPS) is 16.4. The molecule has 4 amide bonds. The van der Waals surface area contributed by atoms with Crippen LogP contribution in [0.2, 0.25) is 0 Å². The van der Waals surface area contributed by atoms with Crippen LogP contribution >= 0.6 is 0 Å². The molecule has 0 saturated carbocycles. The highest BCUT2D eigenvalue weighted by atomic mass is 16.2. The van der Waals surface area contributed by atoms with E-state index in [4.69, 9.17) is 5.73 Å². The molecular formula is C6H7N3O3. The summed E-state index contributed by atoms with van der Waals surface area (Å²) >= 11 is 0. The standard InChI is InChI=1S/C6H7N3O3/c1-3-2-4(10)9(5(3)11)8-6(7)12/h2H,1H3,(H3,7,8,12). The van der Waals surface area contributed by atoms with Crippen LogP contribution in [0.4, 0.5) is 4.79 Å². The van der Waals surface area contributed by atoms with Gasteiger partial charge in [0.05, 0.1) is 0 Å². The molecule has 0 bridgehead atoms. The maximum absolute atomic E-state index is 11.0. The largest absolute Gasteiger partial charge is 0.350 e. The van der Waals surface area contributed by atoms with Crippen LogP contribution < -0.4 is 11.2 Å². The highest BCUT2D eigenvalue weighted by Gasteiger charge is 2.29. The van der Waals surface area contributed by atoms with E-state index in [1.165, 1.54) is 6.92 Å². The molecule has 0 aromatic rings. The number of nitrogens with zero attached hydrogens (tertiary/aromatic N) is 1. The van der Waals surface area contributed by atoms with Crippen LogP contribution in [0.5, 0.6) is 0 Å². The minimum absolute atomic E-state index is 0.272. The fourth-order valence-corrected chi connectivity index (χ4v) is 0.804. The maximum atomic E-state index is 11.0. The van der Waals surface area contributed by atoms with Crippen molar-refractivity contribution in [1.82, 2.24) is 10.4 Å². The van der Waals surface area contributed by atoms with Crippen LogP contribution in [0.25, 0.3) is 0 Å². The van der Waals surface area contributed by atoms with Crippen LogP contribution in [0.15, 0.2) is 11.6 Å². The fourth-order valence-electron chi connectivity index (χ4n) is 0.804. The quantitative estimate of drug-likeness (QED) is 0.487. The second kappa shape index (κ2) is 2.65. The smallest absolute Gasteiger partial charge is 0.331 e. The minimum Gasteiger partial charge on any atom is -0.350 e. The van der Waals surface area contributed by atoms with E-state index in [1.807, 2.05) is 5.43 Å². The highest BCUT2D eigenvalue weighted by molar-refractivity contribution is 6.16. The molecule has 6 heteroatoms. The van der Waals surface area contributed by atoms with Crippen molar-refractivity contribution in [2.75, 3.05) is 0 Å². The Kier molecular flexibility index (Phi) is 1.82. The van der Waals surface area contributed by atoms with Gasteiger partial charge in [0, 0.05) is 11.6 Å². The molecule has 1 aliphatic heterocycles.